The highest BCUT2D eigenvalue weighted by molar-refractivity contribution is 4.90. The van der Waals surface area contributed by atoms with Gasteiger partial charge in [0, 0.05) is 19.1 Å². The van der Waals surface area contributed by atoms with Crippen molar-refractivity contribution in [2.24, 2.45) is 5.41 Å². The Bertz CT molecular complexity index is 267. The van der Waals surface area contributed by atoms with E-state index in [1.807, 2.05) is 0 Å². The van der Waals surface area contributed by atoms with Crippen LogP contribution >= 0.6 is 0 Å². The van der Waals surface area contributed by atoms with E-state index in [1.54, 1.807) is 0 Å². The number of nitrogens with zero attached hydrogens (tertiary/aromatic N) is 1. The van der Waals surface area contributed by atoms with Crippen LogP contribution in [0.15, 0.2) is 0 Å². The van der Waals surface area contributed by atoms with Crippen LogP contribution in [-0.4, -0.2) is 37.1 Å². The molecule has 0 amide bonds. The summed E-state index contributed by atoms with van der Waals surface area (Å²) < 4.78 is 0. The lowest BCUT2D eigenvalue weighted by Gasteiger charge is -2.44. The van der Waals surface area contributed by atoms with E-state index in [-0.39, 0.29) is 0 Å². The highest BCUT2D eigenvalue weighted by Gasteiger charge is 2.35. The number of nitrogens with one attached hydrogen (secondary N) is 1. The van der Waals surface area contributed by atoms with Crippen LogP contribution in [0.5, 0.6) is 0 Å². The monoisotopic (exact) mass is 294 g/mol. The van der Waals surface area contributed by atoms with Gasteiger partial charge in [0.05, 0.1) is 0 Å². The third kappa shape index (κ3) is 5.25. The maximum atomic E-state index is 3.70. The molecule has 0 radical (unpaired) electrons. The van der Waals surface area contributed by atoms with Crippen LogP contribution in [0.2, 0.25) is 0 Å². The van der Waals surface area contributed by atoms with Crippen molar-refractivity contribution in [3.63, 3.8) is 0 Å². The van der Waals surface area contributed by atoms with Gasteiger partial charge in [0.1, 0.15) is 0 Å². The lowest BCUT2D eigenvalue weighted by Crippen LogP contribution is -2.49. The van der Waals surface area contributed by atoms with Gasteiger partial charge in [-0.1, -0.05) is 52.4 Å². The molecule has 2 rings (SSSR count). The quantitative estimate of drug-likeness (QED) is 0.691. The Kier molecular flexibility index (Phi) is 7.53. The molecule has 1 saturated carbocycles. The maximum Gasteiger partial charge on any atom is 0.00954 e. The molecular formula is C19H38N2. The van der Waals surface area contributed by atoms with Crippen molar-refractivity contribution >= 4 is 0 Å². The Morgan fingerprint density at radius 1 is 1.00 bits per heavy atom. The summed E-state index contributed by atoms with van der Waals surface area (Å²) in [5.74, 6) is 0. The average molecular weight is 295 g/mol. The molecule has 0 bridgehead atoms. The predicted molar refractivity (Wildman–Crippen MR) is 92.8 cm³/mol. The SMILES string of the molecule is CCCC1CCCCN1CC1(CNCC)CCCCCC1. The zero-order chi connectivity index (χ0) is 15.0. The molecule has 0 spiro atoms. The second kappa shape index (κ2) is 9.15. The largest absolute Gasteiger partial charge is 0.316 e. The number of likely N-dealkylation sites (tertiary alicyclic amines) is 1. The molecule has 1 atom stereocenters. The van der Waals surface area contributed by atoms with Crippen LogP contribution in [0, 0.1) is 5.41 Å². The smallest absolute Gasteiger partial charge is 0.00954 e. The first-order valence-corrected chi connectivity index (χ1v) is 9.74. The molecule has 1 N–H and O–H groups in total. The van der Waals surface area contributed by atoms with Gasteiger partial charge < -0.3 is 5.32 Å². The van der Waals surface area contributed by atoms with E-state index < -0.39 is 0 Å². The van der Waals surface area contributed by atoms with Crippen molar-refractivity contribution in [3.05, 3.63) is 0 Å². The number of hydrogen-bond acceptors (Lipinski definition) is 2. The second-order valence-corrected chi connectivity index (χ2v) is 7.60. The van der Waals surface area contributed by atoms with Crippen molar-refractivity contribution in [1.82, 2.24) is 10.2 Å². The molecule has 124 valence electrons. The summed E-state index contributed by atoms with van der Waals surface area (Å²) in [4.78, 5) is 2.88. The molecule has 2 fully saturated rings. The van der Waals surface area contributed by atoms with Gasteiger partial charge >= 0.3 is 0 Å². The molecule has 0 aromatic carbocycles. The Labute approximate surface area is 133 Å². The van der Waals surface area contributed by atoms with Crippen LogP contribution in [0.3, 0.4) is 0 Å². The minimum absolute atomic E-state index is 0.565. The van der Waals surface area contributed by atoms with Crippen molar-refractivity contribution in [2.45, 2.75) is 90.5 Å². The molecule has 1 aliphatic carbocycles. The third-order valence-corrected chi connectivity index (χ3v) is 5.82. The molecule has 0 aromatic rings. The summed E-state index contributed by atoms with van der Waals surface area (Å²) in [7, 11) is 0. The zero-order valence-corrected chi connectivity index (χ0v) is 14.6. The van der Waals surface area contributed by atoms with E-state index in [9.17, 15) is 0 Å². The van der Waals surface area contributed by atoms with Crippen LogP contribution in [0.4, 0.5) is 0 Å². The first-order chi connectivity index (χ1) is 10.3. The van der Waals surface area contributed by atoms with E-state index >= 15 is 0 Å². The van der Waals surface area contributed by atoms with Crippen molar-refractivity contribution < 1.29 is 0 Å². The lowest BCUT2D eigenvalue weighted by atomic mass is 9.78. The van der Waals surface area contributed by atoms with E-state index in [4.69, 9.17) is 0 Å². The fraction of sp³-hybridized carbons (Fsp3) is 1.00. The minimum Gasteiger partial charge on any atom is -0.316 e. The molecule has 1 saturated heterocycles. The molecule has 2 nitrogen and oxygen atoms in total. The van der Waals surface area contributed by atoms with E-state index in [0.29, 0.717) is 5.41 Å². The fourth-order valence-electron chi connectivity index (χ4n) is 4.62. The number of hydrogen-bond donors (Lipinski definition) is 1. The van der Waals surface area contributed by atoms with Crippen molar-refractivity contribution in [2.75, 3.05) is 26.2 Å². The van der Waals surface area contributed by atoms with Crippen LogP contribution in [0.1, 0.15) is 84.5 Å². The standard InChI is InChI=1S/C19H38N2/c1-3-11-18-12-7-10-15-21(18)17-19(16-20-4-2)13-8-5-6-9-14-19/h18,20H,3-17H2,1-2H3. The molecular weight excluding hydrogens is 256 g/mol. The lowest BCUT2D eigenvalue weighted by molar-refractivity contribution is 0.0648. The van der Waals surface area contributed by atoms with E-state index in [2.05, 4.69) is 24.1 Å². The van der Waals surface area contributed by atoms with Crippen LogP contribution < -0.4 is 5.32 Å². The average Bonchev–Trinajstić information content (AvgIpc) is 2.74. The summed E-state index contributed by atoms with van der Waals surface area (Å²) >= 11 is 0. The molecule has 0 aromatic heterocycles. The fourth-order valence-corrected chi connectivity index (χ4v) is 4.62. The van der Waals surface area contributed by atoms with Gasteiger partial charge in [-0.25, -0.2) is 0 Å². The normalized spacial score (nSPS) is 27.4. The van der Waals surface area contributed by atoms with E-state index in [0.717, 1.165) is 12.6 Å². The first kappa shape index (κ1) is 17.3. The van der Waals surface area contributed by atoms with Gasteiger partial charge in [-0.3, -0.25) is 4.90 Å². The summed E-state index contributed by atoms with van der Waals surface area (Å²) in [6.07, 6.45) is 15.8. The van der Waals surface area contributed by atoms with Crippen LogP contribution in [0.25, 0.3) is 0 Å². The maximum absolute atomic E-state index is 3.70. The Morgan fingerprint density at radius 2 is 1.76 bits per heavy atom. The Balaban J connectivity index is 2.01. The Morgan fingerprint density at radius 3 is 2.43 bits per heavy atom. The summed E-state index contributed by atoms with van der Waals surface area (Å²) in [6, 6.07) is 0.880. The van der Waals surface area contributed by atoms with Crippen LogP contribution in [-0.2, 0) is 0 Å². The number of piperidine rings is 1. The summed E-state index contributed by atoms with van der Waals surface area (Å²) in [6.45, 7) is 9.71. The van der Waals surface area contributed by atoms with Gasteiger partial charge in [0.2, 0.25) is 0 Å². The highest BCUT2D eigenvalue weighted by Crippen LogP contribution is 2.37. The molecule has 2 aliphatic rings. The second-order valence-electron chi connectivity index (χ2n) is 7.60. The molecule has 1 aliphatic heterocycles. The van der Waals surface area contributed by atoms with Gasteiger partial charge in [0.15, 0.2) is 0 Å². The zero-order valence-electron chi connectivity index (χ0n) is 14.6. The molecule has 2 heteroatoms. The van der Waals surface area contributed by atoms with Gasteiger partial charge in [0.25, 0.3) is 0 Å². The molecule has 1 unspecified atom stereocenters. The number of rotatable bonds is 7. The van der Waals surface area contributed by atoms with E-state index in [1.165, 1.54) is 90.3 Å². The van der Waals surface area contributed by atoms with Gasteiger partial charge in [-0.15, -0.1) is 0 Å². The molecule has 21 heavy (non-hydrogen) atoms. The first-order valence-electron chi connectivity index (χ1n) is 9.74. The highest BCUT2D eigenvalue weighted by atomic mass is 15.2. The Hall–Kier alpha value is -0.0800. The van der Waals surface area contributed by atoms with Gasteiger partial charge in [-0.2, -0.15) is 0 Å². The van der Waals surface area contributed by atoms with Crippen molar-refractivity contribution in [1.29, 1.82) is 0 Å². The predicted octanol–water partition coefficient (Wildman–Crippen LogP) is 4.59. The summed E-state index contributed by atoms with van der Waals surface area (Å²) in [5.41, 5.74) is 0.565. The third-order valence-electron chi connectivity index (χ3n) is 5.82. The minimum atomic E-state index is 0.565. The molecule has 1 heterocycles. The summed E-state index contributed by atoms with van der Waals surface area (Å²) in [5, 5.41) is 3.70. The van der Waals surface area contributed by atoms with Crippen molar-refractivity contribution in [3.8, 4) is 0 Å². The van der Waals surface area contributed by atoms with Gasteiger partial charge in [-0.05, 0) is 50.6 Å². The topological polar surface area (TPSA) is 15.3 Å².